The first kappa shape index (κ1) is 21.3. The second-order valence-electron chi connectivity index (χ2n) is 8.12. The van der Waals surface area contributed by atoms with E-state index in [2.05, 4.69) is 6.92 Å². The number of rotatable bonds is 8. The Morgan fingerprint density at radius 1 is 0.968 bits per heavy atom. The molecule has 2 aromatic rings. The zero-order chi connectivity index (χ0) is 22.0. The molecule has 3 atom stereocenters. The summed E-state index contributed by atoms with van der Waals surface area (Å²) in [5, 5.41) is 0. The monoisotopic (exact) mass is 426 g/mol. The van der Waals surface area contributed by atoms with Gasteiger partial charge in [0.05, 0.1) is 40.5 Å². The van der Waals surface area contributed by atoms with Gasteiger partial charge in [0.25, 0.3) is 0 Å². The molecule has 6 heteroatoms. The van der Waals surface area contributed by atoms with Crippen molar-refractivity contribution < 1.29 is 28.5 Å². The van der Waals surface area contributed by atoms with E-state index in [-0.39, 0.29) is 23.7 Å². The smallest absolute Gasteiger partial charge is 0.310 e. The van der Waals surface area contributed by atoms with Gasteiger partial charge in [0, 0.05) is 11.8 Å². The molecule has 6 nitrogen and oxygen atoms in total. The summed E-state index contributed by atoms with van der Waals surface area (Å²) < 4.78 is 28.1. The summed E-state index contributed by atoms with van der Waals surface area (Å²) in [7, 11) is 4.90. The lowest BCUT2D eigenvalue weighted by Gasteiger charge is -2.34. The maximum Gasteiger partial charge on any atom is 0.310 e. The van der Waals surface area contributed by atoms with E-state index in [0.29, 0.717) is 36.2 Å². The first-order valence-corrected chi connectivity index (χ1v) is 10.8. The molecular weight excluding hydrogens is 396 g/mol. The summed E-state index contributed by atoms with van der Waals surface area (Å²) in [5.74, 6) is 2.35. The molecule has 2 aliphatic rings. The molecule has 1 aliphatic carbocycles. The lowest BCUT2D eigenvalue weighted by atomic mass is 9.67. The zero-order valence-electron chi connectivity index (χ0n) is 18.6. The first-order valence-electron chi connectivity index (χ1n) is 10.8. The van der Waals surface area contributed by atoms with Crippen molar-refractivity contribution in [3.8, 4) is 23.0 Å². The fourth-order valence-corrected chi connectivity index (χ4v) is 4.76. The van der Waals surface area contributed by atoms with Crippen molar-refractivity contribution in [3.05, 3.63) is 47.0 Å². The molecule has 166 valence electrons. The molecule has 0 amide bonds. The molecule has 0 bridgehead atoms. The fourth-order valence-electron chi connectivity index (χ4n) is 4.76. The molecule has 0 radical (unpaired) electrons. The average Bonchev–Trinajstić information content (AvgIpc) is 3.17. The third-order valence-electron chi connectivity index (χ3n) is 6.34. The van der Waals surface area contributed by atoms with Gasteiger partial charge in [-0.2, -0.15) is 0 Å². The lowest BCUT2D eigenvalue weighted by Crippen LogP contribution is -2.31. The van der Waals surface area contributed by atoms with Crippen molar-refractivity contribution in [2.75, 3.05) is 34.5 Å². The predicted octanol–water partition coefficient (Wildman–Crippen LogP) is 4.37. The number of hydrogen-bond acceptors (Lipinski definition) is 6. The molecule has 0 saturated carbocycles. The highest BCUT2D eigenvalue weighted by atomic mass is 16.5. The molecule has 1 saturated heterocycles. The van der Waals surface area contributed by atoms with Gasteiger partial charge < -0.3 is 23.7 Å². The van der Waals surface area contributed by atoms with Crippen LogP contribution in [0.1, 0.15) is 42.4 Å². The molecule has 4 rings (SSSR count). The van der Waals surface area contributed by atoms with Crippen LogP contribution in [-0.2, 0) is 16.0 Å². The van der Waals surface area contributed by atoms with E-state index < -0.39 is 0 Å². The van der Waals surface area contributed by atoms with E-state index in [9.17, 15) is 4.79 Å². The Labute approximate surface area is 183 Å². The van der Waals surface area contributed by atoms with Gasteiger partial charge in [0.15, 0.2) is 23.0 Å². The van der Waals surface area contributed by atoms with Crippen LogP contribution in [0.15, 0.2) is 30.3 Å². The van der Waals surface area contributed by atoms with Gasteiger partial charge in [0.1, 0.15) is 0 Å². The summed E-state index contributed by atoms with van der Waals surface area (Å²) in [6.07, 6.45) is 2.83. The SMILES string of the molecule is CCCCOc1ccc(C2c3cc(OC)c(OC)cc3CC3COC(=O)C32)cc1OC. The van der Waals surface area contributed by atoms with Gasteiger partial charge in [-0.05, 0) is 53.8 Å². The number of ether oxygens (including phenoxy) is 5. The van der Waals surface area contributed by atoms with E-state index in [0.717, 1.165) is 36.0 Å². The molecule has 1 fully saturated rings. The molecule has 31 heavy (non-hydrogen) atoms. The van der Waals surface area contributed by atoms with Crippen molar-refractivity contribution in [3.63, 3.8) is 0 Å². The standard InChI is InChI=1S/C25H30O6/c1-5-6-9-30-19-8-7-15(11-20(19)27-2)23-18-13-22(29-4)21(28-3)12-16(18)10-17-14-31-25(26)24(17)23/h7-8,11-13,17,23-24H,5-6,9-10,14H2,1-4H3. The largest absolute Gasteiger partial charge is 0.493 e. The van der Waals surface area contributed by atoms with Crippen molar-refractivity contribution in [2.24, 2.45) is 11.8 Å². The first-order chi connectivity index (χ1) is 15.1. The van der Waals surface area contributed by atoms with Gasteiger partial charge in [-0.15, -0.1) is 0 Å². The van der Waals surface area contributed by atoms with Gasteiger partial charge in [-0.1, -0.05) is 19.4 Å². The van der Waals surface area contributed by atoms with Gasteiger partial charge >= 0.3 is 5.97 Å². The third kappa shape index (κ3) is 3.91. The maximum atomic E-state index is 12.7. The second-order valence-corrected chi connectivity index (χ2v) is 8.12. The van der Waals surface area contributed by atoms with E-state index in [1.54, 1.807) is 21.3 Å². The lowest BCUT2D eigenvalue weighted by molar-refractivity contribution is -0.141. The average molecular weight is 427 g/mol. The molecule has 0 spiro atoms. The van der Waals surface area contributed by atoms with Crippen molar-refractivity contribution in [2.45, 2.75) is 32.1 Å². The van der Waals surface area contributed by atoms with Crippen LogP contribution in [-0.4, -0.2) is 40.5 Å². The van der Waals surface area contributed by atoms with Crippen LogP contribution in [0.4, 0.5) is 0 Å². The number of cyclic esters (lactones) is 1. The fraction of sp³-hybridized carbons (Fsp3) is 0.480. The Kier molecular flexibility index (Phi) is 6.25. The Morgan fingerprint density at radius 3 is 2.39 bits per heavy atom. The van der Waals surface area contributed by atoms with Gasteiger partial charge in [-0.25, -0.2) is 0 Å². The number of unbranched alkanes of at least 4 members (excludes halogenated alkanes) is 1. The van der Waals surface area contributed by atoms with E-state index in [1.807, 2.05) is 30.3 Å². The minimum absolute atomic E-state index is 0.134. The number of esters is 1. The Bertz CT molecular complexity index is 953. The normalized spacial score (nSPS) is 21.7. The summed E-state index contributed by atoms with van der Waals surface area (Å²) in [5.41, 5.74) is 3.23. The number of hydrogen-bond donors (Lipinski definition) is 0. The van der Waals surface area contributed by atoms with Crippen molar-refractivity contribution >= 4 is 5.97 Å². The van der Waals surface area contributed by atoms with Crippen LogP contribution in [0, 0.1) is 11.8 Å². The number of carbonyl (C=O) groups is 1. The molecule has 1 heterocycles. The summed E-state index contributed by atoms with van der Waals surface area (Å²) in [6.45, 7) is 3.22. The van der Waals surface area contributed by atoms with Crippen molar-refractivity contribution in [1.82, 2.24) is 0 Å². The maximum absolute atomic E-state index is 12.7. The highest BCUT2D eigenvalue weighted by Crippen LogP contribution is 2.50. The summed E-state index contributed by atoms with van der Waals surface area (Å²) in [6, 6.07) is 9.98. The van der Waals surface area contributed by atoms with Crippen LogP contribution < -0.4 is 18.9 Å². The van der Waals surface area contributed by atoms with Crippen LogP contribution in [0.3, 0.4) is 0 Å². The third-order valence-corrected chi connectivity index (χ3v) is 6.34. The minimum atomic E-state index is -0.234. The quantitative estimate of drug-likeness (QED) is 0.461. The van der Waals surface area contributed by atoms with Crippen molar-refractivity contribution in [1.29, 1.82) is 0 Å². The van der Waals surface area contributed by atoms with E-state index >= 15 is 0 Å². The van der Waals surface area contributed by atoms with Gasteiger partial charge in [0.2, 0.25) is 0 Å². The Morgan fingerprint density at radius 2 is 1.68 bits per heavy atom. The van der Waals surface area contributed by atoms with Crippen LogP contribution in [0.5, 0.6) is 23.0 Å². The number of benzene rings is 2. The Hall–Kier alpha value is -2.89. The van der Waals surface area contributed by atoms with E-state index in [1.165, 1.54) is 0 Å². The van der Waals surface area contributed by atoms with Crippen LogP contribution in [0.25, 0.3) is 0 Å². The number of fused-ring (bicyclic) bond motifs is 2. The second kappa shape index (κ2) is 9.08. The summed E-state index contributed by atoms with van der Waals surface area (Å²) in [4.78, 5) is 12.7. The number of carbonyl (C=O) groups excluding carboxylic acids is 1. The molecule has 1 aliphatic heterocycles. The summed E-state index contributed by atoms with van der Waals surface area (Å²) >= 11 is 0. The highest BCUT2D eigenvalue weighted by molar-refractivity contribution is 5.78. The molecule has 2 aromatic carbocycles. The zero-order valence-corrected chi connectivity index (χ0v) is 18.6. The molecule has 0 N–H and O–H groups in total. The van der Waals surface area contributed by atoms with E-state index in [4.69, 9.17) is 23.7 Å². The number of methoxy groups -OCH3 is 3. The Balaban J connectivity index is 1.79. The molecule has 0 aromatic heterocycles. The molecule has 3 unspecified atom stereocenters. The van der Waals surface area contributed by atoms with Crippen LogP contribution >= 0.6 is 0 Å². The topological polar surface area (TPSA) is 63.2 Å². The predicted molar refractivity (Wildman–Crippen MR) is 116 cm³/mol. The molecular formula is C25H30O6. The van der Waals surface area contributed by atoms with Gasteiger partial charge in [-0.3, -0.25) is 4.79 Å². The van der Waals surface area contributed by atoms with Crippen LogP contribution in [0.2, 0.25) is 0 Å². The highest BCUT2D eigenvalue weighted by Gasteiger charge is 2.47. The minimum Gasteiger partial charge on any atom is -0.493 e.